The van der Waals surface area contributed by atoms with Crippen LogP contribution in [0.1, 0.15) is 41.0 Å². The molecule has 0 spiro atoms. The van der Waals surface area contributed by atoms with E-state index in [0.29, 0.717) is 49.5 Å². The summed E-state index contributed by atoms with van der Waals surface area (Å²) in [7, 11) is 0. The van der Waals surface area contributed by atoms with Gasteiger partial charge in [0.25, 0.3) is 5.91 Å². The first-order valence-corrected chi connectivity index (χ1v) is 14.2. The minimum Gasteiger partial charge on any atom is -0.439 e. The highest BCUT2D eigenvalue weighted by Gasteiger charge is 2.35. The van der Waals surface area contributed by atoms with E-state index in [0.717, 1.165) is 25.7 Å². The Morgan fingerprint density at radius 2 is 1.83 bits per heavy atom. The van der Waals surface area contributed by atoms with Crippen molar-refractivity contribution in [3.8, 4) is 11.6 Å². The smallest absolute Gasteiger partial charge is 0.331 e. The van der Waals surface area contributed by atoms with Gasteiger partial charge >= 0.3 is 6.03 Å². The molecule has 4 amide bonds. The van der Waals surface area contributed by atoms with Gasteiger partial charge < -0.3 is 20.7 Å². The van der Waals surface area contributed by atoms with E-state index < -0.39 is 6.03 Å². The van der Waals surface area contributed by atoms with Crippen molar-refractivity contribution in [1.82, 2.24) is 20.6 Å². The second-order valence-corrected chi connectivity index (χ2v) is 10.9. The standard InChI is InChI=1S/C30H28N6O4S/c1-3-23(37)33-19-11-7-8-12-20(19)34-28(38)27-26-25-22(15-16-31-29(25)41-27)36(30(39)35-26)21-13-14-24(32-17(21)2)40-18-9-5-4-6-10-18/h3-6,9-10,13-16,19-20H,1,7-8,11-12H2,2H3,(H,33,37)(H,34,38)(H,35,39)/t19-,20-/m1/s1. The number of thiophene rings is 1. The van der Waals surface area contributed by atoms with E-state index in [9.17, 15) is 14.4 Å². The fourth-order valence-corrected chi connectivity index (χ4v) is 6.39. The molecule has 2 atom stereocenters. The molecule has 1 aliphatic heterocycles. The SMILES string of the molecule is C=CC(=O)N[C@@H]1CCCC[C@H]1NC(=O)c1sc2nccc3c2c1NC(=O)N3c1ccc(Oc2ccccc2)nc1C. The minimum absolute atomic E-state index is 0.188. The number of hydrogen-bond acceptors (Lipinski definition) is 7. The number of aromatic nitrogens is 2. The topological polar surface area (TPSA) is 126 Å². The Bertz CT molecular complexity index is 1670. The number of carbonyl (C=O) groups excluding carboxylic acids is 3. The maximum absolute atomic E-state index is 13.5. The number of nitrogens with zero attached hydrogens (tertiary/aromatic N) is 3. The Labute approximate surface area is 240 Å². The van der Waals surface area contributed by atoms with Gasteiger partial charge in [-0.3, -0.25) is 14.5 Å². The number of pyridine rings is 2. The number of para-hydroxylation sites is 1. The predicted octanol–water partition coefficient (Wildman–Crippen LogP) is 5.82. The van der Waals surface area contributed by atoms with E-state index >= 15 is 0 Å². The van der Waals surface area contributed by atoms with Crippen LogP contribution in [-0.4, -0.2) is 39.9 Å². The number of ether oxygens (including phenoxy) is 1. The highest BCUT2D eigenvalue weighted by Crippen LogP contribution is 2.46. The van der Waals surface area contributed by atoms with Crippen LogP contribution >= 0.6 is 11.3 Å². The first-order chi connectivity index (χ1) is 19.9. The normalized spacial score (nSPS) is 18.0. The molecule has 3 aromatic heterocycles. The molecule has 10 nitrogen and oxygen atoms in total. The number of nitrogens with one attached hydrogen (secondary N) is 3. The second kappa shape index (κ2) is 11.0. The van der Waals surface area contributed by atoms with Gasteiger partial charge in [0.05, 0.1) is 28.1 Å². The zero-order chi connectivity index (χ0) is 28.5. The number of benzene rings is 1. The summed E-state index contributed by atoms with van der Waals surface area (Å²) in [6.45, 7) is 5.34. The van der Waals surface area contributed by atoms with Crippen LogP contribution in [0, 0.1) is 6.92 Å². The maximum Gasteiger partial charge on any atom is 0.331 e. The highest BCUT2D eigenvalue weighted by molar-refractivity contribution is 7.21. The molecule has 0 unspecified atom stereocenters. The number of anilines is 3. The molecule has 208 valence electrons. The van der Waals surface area contributed by atoms with Gasteiger partial charge in [-0.1, -0.05) is 37.6 Å². The molecule has 4 aromatic rings. The number of rotatable bonds is 7. The summed E-state index contributed by atoms with van der Waals surface area (Å²) in [6, 6.07) is 13.8. The number of aryl methyl sites for hydroxylation is 1. The summed E-state index contributed by atoms with van der Waals surface area (Å²) in [4.78, 5) is 50.6. The van der Waals surface area contributed by atoms with Crippen LogP contribution < -0.4 is 25.6 Å². The lowest BCUT2D eigenvalue weighted by molar-refractivity contribution is -0.117. The molecule has 11 heteroatoms. The third-order valence-corrected chi connectivity index (χ3v) is 8.38. The summed E-state index contributed by atoms with van der Waals surface area (Å²) in [5, 5.41) is 9.64. The van der Waals surface area contributed by atoms with Crippen molar-refractivity contribution in [2.75, 3.05) is 10.2 Å². The summed E-state index contributed by atoms with van der Waals surface area (Å²) in [5.74, 6) is 0.497. The van der Waals surface area contributed by atoms with Gasteiger partial charge in [0.1, 0.15) is 15.5 Å². The second-order valence-electron chi connectivity index (χ2n) is 9.93. The Morgan fingerprint density at radius 3 is 2.56 bits per heavy atom. The molecule has 3 N–H and O–H groups in total. The van der Waals surface area contributed by atoms with Crippen LogP contribution in [0.25, 0.3) is 10.2 Å². The molecule has 0 bridgehead atoms. The van der Waals surface area contributed by atoms with Crippen LogP contribution in [0.5, 0.6) is 11.6 Å². The highest BCUT2D eigenvalue weighted by atomic mass is 32.1. The number of urea groups is 1. The average molecular weight is 569 g/mol. The van der Waals surface area contributed by atoms with E-state index in [-0.39, 0.29) is 23.9 Å². The Hall–Kier alpha value is -4.77. The van der Waals surface area contributed by atoms with Crippen molar-refractivity contribution in [1.29, 1.82) is 0 Å². The lowest BCUT2D eigenvalue weighted by atomic mass is 9.90. The van der Waals surface area contributed by atoms with Gasteiger partial charge in [-0.15, -0.1) is 11.3 Å². The van der Waals surface area contributed by atoms with E-state index in [2.05, 4.69) is 32.5 Å². The van der Waals surface area contributed by atoms with Crippen molar-refractivity contribution < 1.29 is 19.1 Å². The van der Waals surface area contributed by atoms with Crippen molar-refractivity contribution in [3.05, 3.63) is 78.0 Å². The van der Waals surface area contributed by atoms with E-state index in [1.807, 2.05) is 37.3 Å². The molecule has 0 radical (unpaired) electrons. The molecule has 0 saturated heterocycles. The van der Waals surface area contributed by atoms with Crippen LogP contribution in [0.2, 0.25) is 0 Å². The number of hydrogen-bond donors (Lipinski definition) is 3. The first kappa shape index (κ1) is 26.5. The molecule has 1 fully saturated rings. The third-order valence-electron chi connectivity index (χ3n) is 7.29. The van der Waals surface area contributed by atoms with Crippen molar-refractivity contribution in [2.24, 2.45) is 0 Å². The number of carbonyl (C=O) groups is 3. The average Bonchev–Trinajstić information content (AvgIpc) is 3.35. The Kier molecular flexibility index (Phi) is 7.10. The lowest BCUT2D eigenvalue weighted by Crippen LogP contribution is -2.52. The first-order valence-electron chi connectivity index (χ1n) is 13.4. The van der Waals surface area contributed by atoms with Crippen LogP contribution in [0.4, 0.5) is 21.9 Å². The van der Waals surface area contributed by atoms with E-state index in [4.69, 9.17) is 4.74 Å². The van der Waals surface area contributed by atoms with Gasteiger partial charge in [0.15, 0.2) is 0 Å². The van der Waals surface area contributed by atoms with Gasteiger partial charge in [-0.2, -0.15) is 0 Å². The monoisotopic (exact) mass is 568 g/mol. The fourth-order valence-electron chi connectivity index (χ4n) is 5.37. The molecule has 2 aliphatic rings. The molecule has 41 heavy (non-hydrogen) atoms. The molecule has 1 saturated carbocycles. The van der Waals surface area contributed by atoms with Crippen LogP contribution in [0.15, 0.2) is 67.4 Å². The zero-order valence-corrected chi connectivity index (χ0v) is 23.2. The molecular formula is C30H28N6O4S. The Balaban J connectivity index is 1.30. The molecule has 1 aliphatic carbocycles. The van der Waals surface area contributed by atoms with E-state index in [1.165, 1.54) is 17.4 Å². The van der Waals surface area contributed by atoms with Crippen molar-refractivity contribution >= 4 is 56.5 Å². The molecule has 4 heterocycles. The predicted molar refractivity (Wildman–Crippen MR) is 158 cm³/mol. The lowest BCUT2D eigenvalue weighted by Gasteiger charge is -2.32. The molecular weight excluding hydrogens is 540 g/mol. The van der Waals surface area contributed by atoms with Gasteiger partial charge in [-0.05, 0) is 50.1 Å². The summed E-state index contributed by atoms with van der Waals surface area (Å²) >= 11 is 1.22. The van der Waals surface area contributed by atoms with Crippen molar-refractivity contribution in [2.45, 2.75) is 44.7 Å². The minimum atomic E-state index is -0.409. The largest absolute Gasteiger partial charge is 0.439 e. The molecule has 1 aromatic carbocycles. The summed E-state index contributed by atoms with van der Waals surface area (Å²) < 4.78 is 5.86. The van der Waals surface area contributed by atoms with E-state index in [1.54, 1.807) is 29.3 Å². The van der Waals surface area contributed by atoms with Gasteiger partial charge in [0.2, 0.25) is 11.8 Å². The quantitative estimate of drug-likeness (QED) is 0.241. The van der Waals surface area contributed by atoms with Crippen molar-refractivity contribution in [3.63, 3.8) is 0 Å². The number of amides is 4. The van der Waals surface area contributed by atoms with Crippen LogP contribution in [-0.2, 0) is 4.79 Å². The van der Waals surface area contributed by atoms with Gasteiger partial charge in [0, 0.05) is 24.3 Å². The summed E-state index contributed by atoms with van der Waals surface area (Å²) in [5.41, 5.74) is 2.23. The Morgan fingerprint density at radius 1 is 1.07 bits per heavy atom. The molecule has 6 rings (SSSR count). The fraction of sp³-hybridized carbons (Fsp3) is 0.233. The summed E-state index contributed by atoms with van der Waals surface area (Å²) in [6.07, 6.45) is 6.29. The third kappa shape index (κ3) is 5.11. The maximum atomic E-state index is 13.5. The zero-order valence-electron chi connectivity index (χ0n) is 22.3. The van der Waals surface area contributed by atoms with Gasteiger partial charge in [-0.25, -0.2) is 14.8 Å². The van der Waals surface area contributed by atoms with Crippen LogP contribution in [0.3, 0.4) is 0 Å².